The Labute approximate surface area is 416 Å². The number of carboxylic acid groups (broad SMARTS) is 3. The second-order valence-electron chi connectivity index (χ2n) is 17.8. The number of nitrogens with one attached hydrogen (secondary N) is 6. The average molecular weight is 1030 g/mol. The van der Waals surface area contributed by atoms with E-state index < -0.39 is 132 Å². The van der Waals surface area contributed by atoms with Crippen LogP contribution in [0.2, 0.25) is 0 Å². The molecular weight excluding hydrogens is 972 g/mol. The van der Waals surface area contributed by atoms with Gasteiger partial charge in [0.2, 0.25) is 41.4 Å². The number of alkyl halides is 3. The Morgan fingerprint density at radius 2 is 1.36 bits per heavy atom. The van der Waals surface area contributed by atoms with Gasteiger partial charge in [-0.05, 0) is 66.8 Å². The lowest BCUT2D eigenvalue weighted by atomic mass is 9.96. The van der Waals surface area contributed by atoms with Crippen molar-refractivity contribution in [3.05, 3.63) is 65.9 Å². The summed E-state index contributed by atoms with van der Waals surface area (Å²) in [6, 6.07) is 3.74. The van der Waals surface area contributed by atoms with Crippen molar-refractivity contribution in [2.45, 2.75) is 128 Å². The minimum absolute atomic E-state index is 0.0713. The van der Waals surface area contributed by atoms with E-state index in [1.54, 1.807) is 33.9 Å². The topological polar surface area (TPSA) is 383 Å². The number of nitrogens with zero attached hydrogens (tertiary/aromatic N) is 1. The highest BCUT2D eigenvalue weighted by Gasteiger charge is 2.42. The summed E-state index contributed by atoms with van der Waals surface area (Å²) in [4.78, 5) is 132. The van der Waals surface area contributed by atoms with Crippen LogP contribution in [0.3, 0.4) is 0 Å². The third-order valence-electron chi connectivity index (χ3n) is 11.9. The maximum Gasteiger partial charge on any atom is 0.490 e. The number of para-hydroxylation sites is 1. The van der Waals surface area contributed by atoms with Gasteiger partial charge in [0, 0.05) is 36.5 Å². The molecule has 3 aromatic rings. The second-order valence-corrected chi connectivity index (χ2v) is 17.8. The maximum atomic E-state index is 14.4. The molecule has 26 heteroatoms. The van der Waals surface area contributed by atoms with Gasteiger partial charge in [-0.15, -0.1) is 0 Å². The zero-order chi connectivity index (χ0) is 54.9. The molecule has 8 atom stereocenters. The normalized spacial score (nSPS) is 16.2. The van der Waals surface area contributed by atoms with Crippen molar-refractivity contribution in [3.8, 4) is 5.75 Å². The highest BCUT2D eigenvalue weighted by Crippen LogP contribution is 2.23. The number of benzene rings is 2. The molecule has 400 valence electrons. The summed E-state index contributed by atoms with van der Waals surface area (Å²) >= 11 is 0. The molecule has 23 nitrogen and oxygen atoms in total. The predicted octanol–water partition coefficient (Wildman–Crippen LogP) is 0.561. The van der Waals surface area contributed by atoms with Crippen LogP contribution in [0, 0.1) is 11.8 Å². The van der Waals surface area contributed by atoms with E-state index in [2.05, 4.69) is 31.6 Å². The number of hydrogen-bond donors (Lipinski definition) is 12. The number of aromatic nitrogens is 1. The van der Waals surface area contributed by atoms with Gasteiger partial charge in [0.25, 0.3) is 0 Å². The predicted molar refractivity (Wildman–Crippen MR) is 252 cm³/mol. The van der Waals surface area contributed by atoms with Crippen LogP contribution in [0.5, 0.6) is 5.75 Å². The molecule has 0 saturated carbocycles. The number of aliphatic carboxylic acids is 3. The SMILES string of the molecule is CC[C@H](C)[C@H](NC(=O)[C@H](Cc1ccc(O)cc1)NC(=O)[C@H](CCC(=O)O)NC(=O)[C@@H](N)Cc1c[nH]c2ccccc12)C(=O)N1CCC[C@H]1C(=O)N[C@@H](CC(N)=O)C(=O)N[C@H](C(=O)O)C(C)C.O=C(O)C(F)(F)F. The van der Waals surface area contributed by atoms with E-state index in [1.165, 1.54) is 29.2 Å². The van der Waals surface area contributed by atoms with E-state index in [4.69, 9.17) is 21.4 Å². The number of primary amides is 1. The van der Waals surface area contributed by atoms with Gasteiger partial charge in [-0.3, -0.25) is 38.4 Å². The van der Waals surface area contributed by atoms with Crippen LogP contribution in [0.15, 0.2) is 54.7 Å². The van der Waals surface area contributed by atoms with Crippen molar-refractivity contribution in [2.24, 2.45) is 23.3 Å². The van der Waals surface area contributed by atoms with Crippen molar-refractivity contribution >= 4 is 70.2 Å². The van der Waals surface area contributed by atoms with Crippen molar-refractivity contribution in [2.75, 3.05) is 6.54 Å². The Hall–Kier alpha value is -7.77. The van der Waals surface area contributed by atoms with Gasteiger partial charge in [0.1, 0.15) is 42.0 Å². The quantitative estimate of drug-likeness (QED) is 0.0583. The molecule has 1 saturated heterocycles. The number of phenolic OH excluding ortho intramolecular Hbond substituents is 1. The fourth-order valence-electron chi connectivity index (χ4n) is 7.66. The molecule has 1 aromatic heterocycles. The summed E-state index contributed by atoms with van der Waals surface area (Å²) < 4.78 is 31.7. The molecule has 0 radical (unpaired) electrons. The molecule has 0 bridgehead atoms. The number of carbonyl (C=O) groups is 10. The molecule has 7 amide bonds. The Bertz CT molecular complexity index is 2470. The lowest BCUT2D eigenvalue weighted by Gasteiger charge is -2.33. The van der Waals surface area contributed by atoms with E-state index in [0.29, 0.717) is 18.4 Å². The molecule has 2 heterocycles. The van der Waals surface area contributed by atoms with E-state index in [1.807, 2.05) is 24.3 Å². The number of rotatable bonds is 24. The molecule has 0 spiro atoms. The molecule has 1 fully saturated rings. The number of halogens is 3. The van der Waals surface area contributed by atoms with Crippen LogP contribution in [0.25, 0.3) is 10.9 Å². The van der Waals surface area contributed by atoms with E-state index in [9.17, 15) is 71.6 Å². The first-order chi connectivity index (χ1) is 34.1. The van der Waals surface area contributed by atoms with Crippen molar-refractivity contribution in [1.82, 2.24) is 36.5 Å². The number of carbonyl (C=O) groups excluding carboxylic acids is 7. The monoisotopic (exact) mass is 1030 g/mol. The second kappa shape index (κ2) is 27.2. The summed E-state index contributed by atoms with van der Waals surface area (Å²) in [5.74, 6) is -12.4. The van der Waals surface area contributed by atoms with Crippen molar-refractivity contribution in [3.63, 3.8) is 0 Å². The Morgan fingerprint density at radius 3 is 1.92 bits per heavy atom. The first-order valence-corrected chi connectivity index (χ1v) is 23.1. The van der Waals surface area contributed by atoms with Gasteiger partial charge < -0.3 is 68.4 Å². The van der Waals surface area contributed by atoms with E-state index in [-0.39, 0.29) is 38.0 Å². The molecule has 1 aliphatic rings. The summed E-state index contributed by atoms with van der Waals surface area (Å²) in [6.45, 7) is 6.65. The zero-order valence-electron chi connectivity index (χ0n) is 40.4. The van der Waals surface area contributed by atoms with Crippen LogP contribution in [-0.4, -0.2) is 145 Å². The van der Waals surface area contributed by atoms with Crippen LogP contribution < -0.4 is 38.1 Å². The number of phenols is 1. The molecule has 0 unspecified atom stereocenters. The van der Waals surface area contributed by atoms with Gasteiger partial charge in [0.05, 0.1) is 12.5 Å². The van der Waals surface area contributed by atoms with Crippen LogP contribution >= 0.6 is 0 Å². The van der Waals surface area contributed by atoms with Crippen molar-refractivity contribution in [1.29, 1.82) is 0 Å². The lowest BCUT2D eigenvalue weighted by molar-refractivity contribution is -0.192. The van der Waals surface area contributed by atoms with Crippen LogP contribution in [0.4, 0.5) is 13.2 Å². The minimum Gasteiger partial charge on any atom is -0.508 e. The number of likely N-dealkylation sites (tertiary alicyclic amines) is 1. The first-order valence-electron chi connectivity index (χ1n) is 23.1. The summed E-state index contributed by atoms with van der Waals surface area (Å²) in [7, 11) is 0. The van der Waals surface area contributed by atoms with E-state index in [0.717, 1.165) is 16.5 Å². The minimum atomic E-state index is -5.08. The fraction of sp³-hybridized carbons (Fsp3) is 0.489. The maximum absolute atomic E-state index is 14.4. The third-order valence-corrected chi connectivity index (χ3v) is 11.9. The standard InChI is InChI=1S/C45H61N9O12.C2HF3O2/c1-5-24(4)38(44(64)54-18-8-11-34(54)43(63)51-33(21-35(47)56)42(62)52-37(23(2)3)45(65)66)53-41(61)32(19-25-12-14-27(55)15-13-25)50-40(60)31(16-17-36(57)58)49-39(59)29(46)20-26-22-48-30-10-7-6-9-28(26)30;3-2(4,5)1(6)7/h6-7,9-10,12-15,22-24,29,31-34,37-38,48,55H,5,8,11,16-21,46H2,1-4H3,(H2,47,56)(H,49,59)(H,50,60)(H,51,63)(H,52,62)(H,53,61)(H,57,58)(H,65,66);(H,6,7)/t24-,29-,31-,32-,33-,34-,37-,38-;/m0./s1. The Kier molecular flexibility index (Phi) is 22.2. The van der Waals surface area contributed by atoms with Gasteiger partial charge in [0.15, 0.2) is 0 Å². The summed E-state index contributed by atoms with van der Waals surface area (Å²) in [5, 5.41) is 49.7. The summed E-state index contributed by atoms with van der Waals surface area (Å²) in [6.07, 6.45) is -4.19. The molecular formula is C47H62F3N9O14. The average Bonchev–Trinajstić information content (AvgIpc) is 3.98. The molecule has 73 heavy (non-hydrogen) atoms. The summed E-state index contributed by atoms with van der Waals surface area (Å²) in [5.41, 5.74) is 13.7. The molecule has 14 N–H and O–H groups in total. The molecule has 1 aliphatic heterocycles. The number of amides is 7. The smallest absolute Gasteiger partial charge is 0.490 e. The Balaban J connectivity index is 0.00000187. The number of hydrogen-bond acceptors (Lipinski definition) is 12. The number of fused-ring (bicyclic) bond motifs is 1. The van der Waals surface area contributed by atoms with Gasteiger partial charge >= 0.3 is 24.1 Å². The zero-order valence-corrected chi connectivity index (χ0v) is 40.4. The first kappa shape index (κ1) is 59.5. The fourth-order valence-corrected chi connectivity index (χ4v) is 7.66. The lowest BCUT2D eigenvalue weighted by Crippen LogP contribution is -2.61. The number of carboxylic acids is 3. The molecule has 0 aliphatic carbocycles. The van der Waals surface area contributed by atoms with Crippen molar-refractivity contribution < 1.29 is 81.5 Å². The van der Waals surface area contributed by atoms with E-state index >= 15 is 0 Å². The third kappa shape index (κ3) is 18.1. The Morgan fingerprint density at radius 1 is 0.781 bits per heavy atom. The number of nitrogens with two attached hydrogens (primary N) is 2. The molecule has 4 rings (SSSR count). The van der Waals surface area contributed by atoms with Gasteiger partial charge in [-0.2, -0.15) is 13.2 Å². The van der Waals surface area contributed by atoms with Gasteiger partial charge in [-0.25, -0.2) is 9.59 Å². The van der Waals surface area contributed by atoms with Crippen LogP contribution in [-0.2, 0) is 60.8 Å². The van der Waals surface area contributed by atoms with Gasteiger partial charge in [-0.1, -0.05) is 64.4 Å². The number of H-pyrrole nitrogens is 1. The largest absolute Gasteiger partial charge is 0.508 e. The molecule has 2 aromatic carbocycles. The number of aromatic amines is 1. The number of aromatic hydroxyl groups is 1. The highest BCUT2D eigenvalue weighted by molar-refractivity contribution is 5.98. The highest BCUT2D eigenvalue weighted by atomic mass is 19.4. The van der Waals surface area contributed by atoms with Crippen LogP contribution in [0.1, 0.15) is 77.3 Å².